The number of fused-ring (bicyclic) bond motifs is 1. The fourth-order valence-corrected chi connectivity index (χ4v) is 5.20. The van der Waals surface area contributed by atoms with Crippen LogP contribution >= 0.6 is 0 Å². The van der Waals surface area contributed by atoms with E-state index in [1.807, 2.05) is 62.3 Å². The van der Waals surface area contributed by atoms with E-state index in [0.29, 0.717) is 18.7 Å². The molecule has 0 bridgehead atoms. The second-order valence-electron chi connectivity index (χ2n) is 8.17. The number of anilines is 2. The van der Waals surface area contributed by atoms with Crippen molar-refractivity contribution in [2.45, 2.75) is 19.4 Å². The van der Waals surface area contributed by atoms with Crippen LogP contribution in [0.2, 0.25) is 0 Å². The van der Waals surface area contributed by atoms with E-state index in [9.17, 15) is 8.42 Å². The zero-order valence-corrected chi connectivity index (χ0v) is 19.0. The Morgan fingerprint density at radius 3 is 2.55 bits per heavy atom. The topological polar surface area (TPSA) is 92.4 Å². The Kier molecular flexibility index (Phi) is 5.45. The van der Waals surface area contributed by atoms with Gasteiger partial charge in [-0.05, 0) is 47.7 Å². The molecular formula is C23H27N5O2S. The van der Waals surface area contributed by atoms with E-state index in [4.69, 9.17) is 5.73 Å². The third-order valence-corrected chi connectivity index (χ3v) is 7.03. The molecule has 4 rings (SSSR count). The van der Waals surface area contributed by atoms with E-state index < -0.39 is 16.1 Å². The number of hydrogen-bond donors (Lipinski definition) is 1. The highest BCUT2D eigenvalue weighted by Gasteiger charge is 2.35. The van der Waals surface area contributed by atoms with Gasteiger partial charge in [0.2, 0.25) is 10.0 Å². The molecule has 1 aliphatic heterocycles. The van der Waals surface area contributed by atoms with Crippen molar-refractivity contribution in [2.75, 3.05) is 37.5 Å². The van der Waals surface area contributed by atoms with E-state index in [1.165, 1.54) is 6.26 Å². The normalized spacial score (nSPS) is 16.7. The van der Waals surface area contributed by atoms with Crippen molar-refractivity contribution in [1.82, 2.24) is 14.3 Å². The number of aryl methyl sites for hydroxylation is 1. The number of benzene rings is 2. The van der Waals surface area contributed by atoms with Crippen LogP contribution in [-0.2, 0) is 16.4 Å². The summed E-state index contributed by atoms with van der Waals surface area (Å²) in [6, 6.07) is 11.3. The Labute approximate surface area is 183 Å². The largest absolute Gasteiger partial charge is 0.398 e. The quantitative estimate of drug-likeness (QED) is 0.631. The predicted octanol–water partition coefficient (Wildman–Crippen LogP) is 3.01. The summed E-state index contributed by atoms with van der Waals surface area (Å²) < 4.78 is 26.9. The van der Waals surface area contributed by atoms with Crippen molar-refractivity contribution in [3.05, 3.63) is 71.0 Å². The van der Waals surface area contributed by atoms with Crippen LogP contribution in [0, 0.1) is 6.92 Å². The van der Waals surface area contributed by atoms with E-state index in [0.717, 1.165) is 39.3 Å². The highest BCUT2D eigenvalue weighted by atomic mass is 32.2. The zero-order valence-electron chi connectivity index (χ0n) is 18.2. The van der Waals surface area contributed by atoms with Gasteiger partial charge in [0.15, 0.2) is 0 Å². The molecule has 0 saturated carbocycles. The van der Waals surface area contributed by atoms with Gasteiger partial charge >= 0.3 is 0 Å². The van der Waals surface area contributed by atoms with Crippen molar-refractivity contribution in [2.24, 2.45) is 0 Å². The first-order chi connectivity index (χ1) is 14.7. The highest BCUT2D eigenvalue weighted by molar-refractivity contribution is 7.88. The number of nitrogens with zero attached hydrogens (tertiary/aromatic N) is 4. The molecule has 2 aromatic carbocycles. The molecule has 0 saturated heterocycles. The van der Waals surface area contributed by atoms with Crippen LogP contribution in [0.1, 0.15) is 28.3 Å². The van der Waals surface area contributed by atoms with Crippen molar-refractivity contribution in [3.63, 3.8) is 0 Å². The maximum atomic E-state index is 12.7. The van der Waals surface area contributed by atoms with Gasteiger partial charge in [0.25, 0.3) is 0 Å². The van der Waals surface area contributed by atoms with Gasteiger partial charge in [0.05, 0.1) is 30.4 Å². The monoisotopic (exact) mass is 437 g/mol. The number of nitrogen functional groups attached to an aromatic ring is 1. The molecule has 0 radical (unpaired) electrons. The van der Waals surface area contributed by atoms with E-state index in [-0.39, 0.29) is 0 Å². The predicted molar refractivity (Wildman–Crippen MR) is 124 cm³/mol. The van der Waals surface area contributed by atoms with E-state index in [2.05, 4.69) is 9.97 Å². The second-order valence-corrected chi connectivity index (χ2v) is 10.1. The summed E-state index contributed by atoms with van der Waals surface area (Å²) in [5, 5.41) is 0. The second kappa shape index (κ2) is 7.94. The van der Waals surface area contributed by atoms with Crippen LogP contribution < -0.4 is 10.6 Å². The van der Waals surface area contributed by atoms with Gasteiger partial charge in [-0.25, -0.2) is 13.4 Å². The summed E-state index contributed by atoms with van der Waals surface area (Å²) in [6.45, 7) is 2.41. The summed E-state index contributed by atoms with van der Waals surface area (Å²) in [7, 11) is 0.414. The third-order valence-electron chi connectivity index (χ3n) is 5.79. The van der Waals surface area contributed by atoms with Gasteiger partial charge in [0, 0.05) is 31.9 Å². The summed E-state index contributed by atoms with van der Waals surface area (Å²) in [4.78, 5) is 11.0. The molecule has 162 valence electrons. The minimum atomic E-state index is -3.42. The zero-order chi connectivity index (χ0) is 22.3. The molecule has 1 aliphatic rings. The van der Waals surface area contributed by atoms with Crippen molar-refractivity contribution >= 4 is 21.5 Å². The van der Waals surface area contributed by atoms with Crippen LogP contribution in [0.5, 0.6) is 0 Å². The maximum absolute atomic E-state index is 12.7. The molecule has 3 aromatic rings. The summed E-state index contributed by atoms with van der Waals surface area (Å²) in [5.74, 6) is 0.775. The van der Waals surface area contributed by atoms with Crippen LogP contribution in [0.3, 0.4) is 0 Å². The number of rotatable bonds is 4. The molecule has 0 fully saturated rings. The molecule has 31 heavy (non-hydrogen) atoms. The Morgan fingerprint density at radius 1 is 1.13 bits per heavy atom. The molecule has 2 heterocycles. The average molecular weight is 438 g/mol. The van der Waals surface area contributed by atoms with Crippen LogP contribution in [0.15, 0.2) is 48.8 Å². The van der Waals surface area contributed by atoms with E-state index >= 15 is 0 Å². The fraction of sp³-hybridized carbons (Fsp3) is 0.304. The fourth-order valence-electron chi connectivity index (χ4n) is 4.15. The van der Waals surface area contributed by atoms with Crippen molar-refractivity contribution in [1.29, 1.82) is 0 Å². The Morgan fingerprint density at radius 2 is 1.90 bits per heavy atom. The van der Waals surface area contributed by atoms with Crippen LogP contribution in [-0.4, -0.2) is 49.6 Å². The van der Waals surface area contributed by atoms with Gasteiger partial charge in [-0.2, -0.15) is 4.31 Å². The lowest BCUT2D eigenvalue weighted by molar-refractivity contribution is 0.347. The molecule has 7 nitrogen and oxygen atoms in total. The molecular weight excluding hydrogens is 410 g/mol. The van der Waals surface area contributed by atoms with Gasteiger partial charge < -0.3 is 10.6 Å². The lowest BCUT2D eigenvalue weighted by atomic mass is 9.87. The average Bonchev–Trinajstić information content (AvgIpc) is 2.73. The molecule has 0 spiro atoms. The van der Waals surface area contributed by atoms with Crippen molar-refractivity contribution in [3.8, 4) is 11.3 Å². The molecule has 1 atom stereocenters. The standard InChI is InChI=1S/C23H27N5O2S/c1-15-8-9-16(12-19(15)21-13-26-22(14-25-21)27(2)3)23-18-6-5-7-20(24)17(18)10-11-28(23)31(4,29)30/h5-9,12-14,23H,10-11,24H2,1-4H3. The number of nitrogens with two attached hydrogens (primary N) is 1. The summed E-state index contributed by atoms with van der Waals surface area (Å²) in [5.41, 5.74) is 12.5. The molecule has 1 aromatic heterocycles. The molecule has 0 aliphatic carbocycles. The van der Waals surface area contributed by atoms with Crippen LogP contribution in [0.4, 0.5) is 11.5 Å². The third kappa shape index (κ3) is 4.00. The maximum Gasteiger partial charge on any atom is 0.212 e. The minimum absolute atomic E-state index is 0.394. The summed E-state index contributed by atoms with van der Waals surface area (Å²) >= 11 is 0. The lowest BCUT2D eigenvalue weighted by Crippen LogP contribution is -2.40. The van der Waals surface area contributed by atoms with E-state index in [1.54, 1.807) is 16.7 Å². The number of aromatic nitrogens is 2. The first-order valence-electron chi connectivity index (χ1n) is 10.1. The van der Waals surface area contributed by atoms with Gasteiger partial charge in [0.1, 0.15) is 5.82 Å². The molecule has 2 N–H and O–H groups in total. The Bertz CT molecular complexity index is 1220. The first-order valence-corrected chi connectivity index (χ1v) is 12.0. The molecule has 1 unspecified atom stereocenters. The van der Waals surface area contributed by atoms with Gasteiger partial charge in [-0.1, -0.05) is 24.3 Å². The van der Waals surface area contributed by atoms with Gasteiger partial charge in [-0.15, -0.1) is 0 Å². The minimum Gasteiger partial charge on any atom is -0.398 e. The van der Waals surface area contributed by atoms with Crippen LogP contribution in [0.25, 0.3) is 11.3 Å². The SMILES string of the molecule is Cc1ccc(C2c3cccc(N)c3CCN2S(C)(=O)=O)cc1-c1cnc(N(C)C)cn1. The van der Waals surface area contributed by atoms with Crippen molar-refractivity contribution < 1.29 is 8.42 Å². The van der Waals surface area contributed by atoms with Gasteiger partial charge in [-0.3, -0.25) is 4.98 Å². The Hall–Kier alpha value is -2.97. The Balaban J connectivity index is 1.86. The molecule has 0 amide bonds. The highest BCUT2D eigenvalue weighted by Crippen LogP contribution is 2.40. The lowest BCUT2D eigenvalue weighted by Gasteiger charge is -2.36. The number of hydrogen-bond acceptors (Lipinski definition) is 6. The summed E-state index contributed by atoms with van der Waals surface area (Å²) in [6.07, 6.45) is 5.35. The first kappa shape index (κ1) is 21.3. The smallest absolute Gasteiger partial charge is 0.212 e. The number of sulfonamides is 1. The molecule has 8 heteroatoms.